The van der Waals surface area contributed by atoms with E-state index in [0.29, 0.717) is 11.6 Å². The standard InChI is InChI=1S/C17H28N6O/c1-3-20-7-11-22(12-8-20)16(24)15-5-6-18-17(19-15)23-13-9-21(4-2)10-14-23/h5-6H,3-4,7-14H2,1-2H3. The first-order chi connectivity index (χ1) is 11.7. The molecule has 24 heavy (non-hydrogen) atoms. The SMILES string of the molecule is CCN1CCN(C(=O)c2ccnc(N3CCN(CC)CC3)n2)CC1. The molecule has 0 aromatic carbocycles. The predicted molar refractivity (Wildman–Crippen MR) is 94.4 cm³/mol. The molecule has 2 fully saturated rings. The van der Waals surface area contributed by atoms with Gasteiger partial charge in [0, 0.05) is 58.6 Å². The zero-order valence-corrected chi connectivity index (χ0v) is 14.8. The molecule has 1 aromatic rings. The number of hydrogen-bond acceptors (Lipinski definition) is 6. The van der Waals surface area contributed by atoms with E-state index in [9.17, 15) is 4.79 Å². The van der Waals surface area contributed by atoms with E-state index < -0.39 is 0 Å². The Morgan fingerprint density at radius 1 is 0.958 bits per heavy atom. The molecule has 7 nitrogen and oxygen atoms in total. The summed E-state index contributed by atoms with van der Waals surface area (Å²) in [6.45, 7) is 13.8. The number of aromatic nitrogens is 2. The third kappa shape index (κ3) is 3.84. The Morgan fingerprint density at radius 3 is 2.12 bits per heavy atom. The summed E-state index contributed by atoms with van der Waals surface area (Å²) >= 11 is 0. The molecule has 0 bridgehead atoms. The number of carbonyl (C=O) groups excluding carboxylic acids is 1. The Kier molecular flexibility index (Phi) is 5.63. The molecular formula is C17H28N6O. The fourth-order valence-electron chi connectivity index (χ4n) is 3.31. The zero-order chi connectivity index (χ0) is 16.9. The molecule has 0 spiro atoms. The summed E-state index contributed by atoms with van der Waals surface area (Å²) in [5.74, 6) is 0.713. The quantitative estimate of drug-likeness (QED) is 0.795. The van der Waals surface area contributed by atoms with E-state index in [1.54, 1.807) is 12.3 Å². The molecular weight excluding hydrogens is 304 g/mol. The normalized spacial score (nSPS) is 20.4. The topological polar surface area (TPSA) is 55.8 Å². The monoisotopic (exact) mass is 332 g/mol. The Balaban J connectivity index is 1.64. The molecule has 0 radical (unpaired) electrons. The molecule has 0 unspecified atom stereocenters. The molecule has 1 aromatic heterocycles. The van der Waals surface area contributed by atoms with Gasteiger partial charge in [-0.1, -0.05) is 13.8 Å². The minimum absolute atomic E-state index is 0.0293. The van der Waals surface area contributed by atoms with E-state index >= 15 is 0 Å². The van der Waals surface area contributed by atoms with Crippen LogP contribution in [-0.4, -0.2) is 96.0 Å². The second kappa shape index (κ2) is 7.90. The minimum atomic E-state index is 0.0293. The third-order valence-electron chi connectivity index (χ3n) is 5.07. The third-order valence-corrected chi connectivity index (χ3v) is 5.07. The molecule has 2 aliphatic heterocycles. The first-order valence-electron chi connectivity index (χ1n) is 9.03. The van der Waals surface area contributed by atoms with Gasteiger partial charge in [-0.3, -0.25) is 4.79 Å². The molecule has 2 aliphatic rings. The maximum atomic E-state index is 12.7. The number of anilines is 1. The maximum absolute atomic E-state index is 12.7. The van der Waals surface area contributed by atoms with Crippen molar-refractivity contribution >= 4 is 11.9 Å². The molecule has 2 saturated heterocycles. The van der Waals surface area contributed by atoms with Gasteiger partial charge < -0.3 is 19.6 Å². The second-order valence-corrected chi connectivity index (χ2v) is 6.39. The van der Waals surface area contributed by atoms with Crippen molar-refractivity contribution in [3.63, 3.8) is 0 Å². The summed E-state index contributed by atoms with van der Waals surface area (Å²) in [7, 11) is 0. The van der Waals surface area contributed by atoms with Crippen LogP contribution in [0.2, 0.25) is 0 Å². The number of rotatable bonds is 4. The average molecular weight is 332 g/mol. The van der Waals surface area contributed by atoms with Gasteiger partial charge in [-0.15, -0.1) is 0 Å². The van der Waals surface area contributed by atoms with Gasteiger partial charge in [0.25, 0.3) is 5.91 Å². The van der Waals surface area contributed by atoms with Crippen LogP contribution in [0, 0.1) is 0 Å². The number of nitrogens with zero attached hydrogens (tertiary/aromatic N) is 6. The van der Waals surface area contributed by atoms with Crippen LogP contribution in [-0.2, 0) is 0 Å². The van der Waals surface area contributed by atoms with Gasteiger partial charge in [-0.2, -0.15) is 0 Å². The molecule has 132 valence electrons. The van der Waals surface area contributed by atoms with Crippen LogP contribution in [0.15, 0.2) is 12.3 Å². The number of hydrogen-bond donors (Lipinski definition) is 0. The Labute approximate surface area is 144 Å². The van der Waals surface area contributed by atoms with Crippen molar-refractivity contribution in [3.05, 3.63) is 18.0 Å². The van der Waals surface area contributed by atoms with Gasteiger partial charge in [0.15, 0.2) is 0 Å². The van der Waals surface area contributed by atoms with Gasteiger partial charge in [0.2, 0.25) is 5.95 Å². The van der Waals surface area contributed by atoms with Crippen molar-refractivity contribution in [1.82, 2.24) is 24.7 Å². The van der Waals surface area contributed by atoms with Crippen molar-refractivity contribution in [2.24, 2.45) is 0 Å². The van der Waals surface area contributed by atoms with Crippen molar-refractivity contribution in [3.8, 4) is 0 Å². The summed E-state index contributed by atoms with van der Waals surface area (Å²) in [6.07, 6.45) is 1.71. The Morgan fingerprint density at radius 2 is 1.54 bits per heavy atom. The van der Waals surface area contributed by atoms with Crippen molar-refractivity contribution in [1.29, 1.82) is 0 Å². The van der Waals surface area contributed by atoms with E-state index in [2.05, 4.69) is 38.5 Å². The van der Waals surface area contributed by atoms with Gasteiger partial charge in [0.05, 0.1) is 0 Å². The van der Waals surface area contributed by atoms with E-state index in [-0.39, 0.29) is 5.91 Å². The second-order valence-electron chi connectivity index (χ2n) is 6.39. The average Bonchev–Trinajstić information content (AvgIpc) is 2.67. The summed E-state index contributed by atoms with van der Waals surface area (Å²) in [4.78, 5) is 30.5. The summed E-state index contributed by atoms with van der Waals surface area (Å²) in [5.41, 5.74) is 0.517. The van der Waals surface area contributed by atoms with Crippen molar-refractivity contribution < 1.29 is 4.79 Å². The zero-order valence-electron chi connectivity index (χ0n) is 14.8. The van der Waals surface area contributed by atoms with E-state index in [4.69, 9.17) is 0 Å². The highest BCUT2D eigenvalue weighted by Gasteiger charge is 2.24. The molecule has 0 saturated carbocycles. The van der Waals surface area contributed by atoms with E-state index in [1.165, 1.54) is 0 Å². The van der Waals surface area contributed by atoms with Crippen LogP contribution in [0.5, 0.6) is 0 Å². The Bertz CT molecular complexity index is 550. The largest absolute Gasteiger partial charge is 0.338 e. The number of likely N-dealkylation sites (N-methyl/N-ethyl adjacent to an activating group) is 2. The highest BCUT2D eigenvalue weighted by atomic mass is 16.2. The van der Waals surface area contributed by atoms with Gasteiger partial charge >= 0.3 is 0 Å². The van der Waals surface area contributed by atoms with Crippen LogP contribution in [0.3, 0.4) is 0 Å². The first-order valence-corrected chi connectivity index (χ1v) is 9.03. The van der Waals surface area contributed by atoms with Crippen LogP contribution in [0.1, 0.15) is 24.3 Å². The predicted octanol–water partition coefficient (Wildman–Crippen LogP) is 0.396. The highest BCUT2D eigenvalue weighted by molar-refractivity contribution is 5.92. The lowest BCUT2D eigenvalue weighted by molar-refractivity contribution is 0.0637. The summed E-state index contributed by atoms with van der Waals surface area (Å²) < 4.78 is 0. The summed E-state index contributed by atoms with van der Waals surface area (Å²) in [5, 5.41) is 0. The number of carbonyl (C=O) groups is 1. The lowest BCUT2D eigenvalue weighted by Gasteiger charge is -2.35. The Hall–Kier alpha value is -1.73. The molecule has 1 amide bonds. The van der Waals surface area contributed by atoms with E-state index in [0.717, 1.165) is 65.4 Å². The molecule has 3 rings (SSSR count). The lowest BCUT2D eigenvalue weighted by Crippen LogP contribution is -2.49. The molecule has 0 atom stereocenters. The smallest absolute Gasteiger partial charge is 0.272 e. The van der Waals surface area contributed by atoms with Crippen LogP contribution in [0.25, 0.3) is 0 Å². The van der Waals surface area contributed by atoms with Gasteiger partial charge in [-0.05, 0) is 19.2 Å². The highest BCUT2D eigenvalue weighted by Crippen LogP contribution is 2.13. The van der Waals surface area contributed by atoms with Crippen LogP contribution in [0.4, 0.5) is 5.95 Å². The number of amides is 1. The van der Waals surface area contributed by atoms with Gasteiger partial charge in [-0.25, -0.2) is 9.97 Å². The maximum Gasteiger partial charge on any atom is 0.272 e. The van der Waals surface area contributed by atoms with Gasteiger partial charge in [0.1, 0.15) is 5.69 Å². The summed E-state index contributed by atoms with van der Waals surface area (Å²) in [6, 6.07) is 1.74. The molecule has 0 aliphatic carbocycles. The fraction of sp³-hybridized carbons (Fsp3) is 0.706. The first kappa shape index (κ1) is 17.1. The van der Waals surface area contributed by atoms with E-state index in [1.807, 2.05) is 4.90 Å². The van der Waals surface area contributed by atoms with Crippen LogP contribution < -0.4 is 4.90 Å². The minimum Gasteiger partial charge on any atom is -0.338 e. The number of piperazine rings is 2. The van der Waals surface area contributed by atoms with Crippen molar-refractivity contribution in [2.45, 2.75) is 13.8 Å². The van der Waals surface area contributed by atoms with Crippen LogP contribution >= 0.6 is 0 Å². The lowest BCUT2D eigenvalue weighted by atomic mass is 10.2. The van der Waals surface area contributed by atoms with Crippen molar-refractivity contribution in [2.75, 3.05) is 70.3 Å². The fourth-order valence-corrected chi connectivity index (χ4v) is 3.31. The molecule has 0 N–H and O–H groups in total. The molecule has 7 heteroatoms. The molecule has 3 heterocycles.